The van der Waals surface area contributed by atoms with E-state index >= 15 is 0 Å². The first-order chi connectivity index (χ1) is 10.8. The molecule has 0 unspecified atom stereocenters. The molecule has 23 heavy (non-hydrogen) atoms. The number of carbonyl (C=O) groups is 2. The summed E-state index contributed by atoms with van der Waals surface area (Å²) in [5.74, 6) is -1.42. The van der Waals surface area contributed by atoms with Crippen molar-refractivity contribution in [3.8, 4) is 11.5 Å². The van der Waals surface area contributed by atoms with E-state index in [1.165, 1.54) is 38.1 Å². The molecule has 1 aromatic carbocycles. The van der Waals surface area contributed by atoms with Gasteiger partial charge in [0.05, 0.1) is 0 Å². The standard InChI is InChI=1S/C17H14O6/c1-9(2)16(19)22-13-7-11-5-6-15(18)21-12(11)8-14(13)23-17(20)10(3)4/h5-8H,1,3H2,2,4H3. The fourth-order valence-electron chi connectivity index (χ4n) is 1.61. The SMILES string of the molecule is C=C(C)C(=O)Oc1cc2ccc(=O)oc2cc1OC(=O)C(=C)C. The van der Waals surface area contributed by atoms with Gasteiger partial charge in [-0.2, -0.15) is 0 Å². The number of hydrogen-bond donors (Lipinski definition) is 0. The number of ether oxygens (including phenoxy) is 2. The summed E-state index contributed by atoms with van der Waals surface area (Å²) in [6.07, 6.45) is 0. The lowest BCUT2D eigenvalue weighted by atomic mass is 10.2. The molecule has 2 aromatic rings. The van der Waals surface area contributed by atoms with Crippen molar-refractivity contribution in [1.82, 2.24) is 0 Å². The Hall–Kier alpha value is -3.15. The third-order valence-corrected chi connectivity index (χ3v) is 2.79. The highest BCUT2D eigenvalue weighted by atomic mass is 16.6. The van der Waals surface area contributed by atoms with Gasteiger partial charge >= 0.3 is 17.6 Å². The van der Waals surface area contributed by atoms with Gasteiger partial charge in [0.25, 0.3) is 0 Å². The predicted octanol–water partition coefficient (Wildman–Crippen LogP) is 2.76. The van der Waals surface area contributed by atoms with Crippen molar-refractivity contribution in [2.75, 3.05) is 0 Å². The molecule has 1 heterocycles. The van der Waals surface area contributed by atoms with Crippen LogP contribution in [0.5, 0.6) is 11.5 Å². The normalized spacial score (nSPS) is 10.2. The monoisotopic (exact) mass is 314 g/mol. The zero-order valence-electron chi connectivity index (χ0n) is 12.7. The molecular weight excluding hydrogens is 300 g/mol. The van der Waals surface area contributed by atoms with Crippen molar-refractivity contribution in [3.05, 3.63) is 59.0 Å². The van der Waals surface area contributed by atoms with Crippen LogP contribution >= 0.6 is 0 Å². The molecule has 1 aromatic heterocycles. The van der Waals surface area contributed by atoms with Crippen LogP contribution in [0.25, 0.3) is 11.0 Å². The quantitative estimate of drug-likeness (QED) is 0.373. The Balaban J connectivity index is 2.55. The molecular formula is C17H14O6. The topological polar surface area (TPSA) is 82.8 Å². The summed E-state index contributed by atoms with van der Waals surface area (Å²) in [7, 11) is 0. The van der Waals surface area contributed by atoms with Gasteiger partial charge in [-0.05, 0) is 26.0 Å². The second kappa shape index (κ2) is 6.31. The Bertz CT molecular complexity index is 888. The summed E-state index contributed by atoms with van der Waals surface area (Å²) in [6.45, 7) is 9.93. The fraction of sp³-hybridized carbons (Fsp3) is 0.118. The number of fused-ring (bicyclic) bond motifs is 1. The van der Waals surface area contributed by atoms with Gasteiger partial charge in [-0.25, -0.2) is 14.4 Å². The summed E-state index contributed by atoms with van der Waals surface area (Å²) < 4.78 is 15.3. The summed E-state index contributed by atoms with van der Waals surface area (Å²) in [5, 5.41) is 0.504. The molecule has 0 saturated carbocycles. The number of esters is 2. The highest BCUT2D eigenvalue weighted by molar-refractivity contribution is 5.93. The maximum Gasteiger partial charge on any atom is 0.338 e. The Morgan fingerprint density at radius 1 is 0.957 bits per heavy atom. The van der Waals surface area contributed by atoms with Gasteiger partial charge in [0.15, 0.2) is 11.5 Å². The molecule has 6 heteroatoms. The molecule has 0 saturated heterocycles. The van der Waals surface area contributed by atoms with E-state index < -0.39 is 17.6 Å². The molecule has 0 spiro atoms. The first kappa shape index (κ1) is 16.2. The van der Waals surface area contributed by atoms with Crippen LogP contribution in [0, 0.1) is 0 Å². The molecule has 0 aliphatic rings. The lowest BCUT2D eigenvalue weighted by molar-refractivity contribution is -0.132. The van der Waals surface area contributed by atoms with Crippen LogP contribution in [0.1, 0.15) is 13.8 Å². The van der Waals surface area contributed by atoms with Crippen LogP contribution in [-0.4, -0.2) is 11.9 Å². The van der Waals surface area contributed by atoms with Crippen molar-refractivity contribution in [2.45, 2.75) is 13.8 Å². The summed E-state index contributed by atoms with van der Waals surface area (Å²) >= 11 is 0. The maximum atomic E-state index is 11.7. The van der Waals surface area contributed by atoms with Gasteiger partial charge in [-0.3, -0.25) is 0 Å². The minimum absolute atomic E-state index is 0.00829. The summed E-state index contributed by atoms with van der Waals surface area (Å²) in [4.78, 5) is 34.7. The number of carbonyl (C=O) groups excluding carboxylic acids is 2. The van der Waals surface area contributed by atoms with E-state index in [9.17, 15) is 14.4 Å². The van der Waals surface area contributed by atoms with Crippen LogP contribution in [0.3, 0.4) is 0 Å². The van der Waals surface area contributed by atoms with Crippen molar-refractivity contribution >= 4 is 22.9 Å². The van der Waals surface area contributed by atoms with E-state index in [1.54, 1.807) is 0 Å². The van der Waals surface area contributed by atoms with Crippen LogP contribution in [0.15, 0.2) is 57.8 Å². The molecule has 0 aliphatic heterocycles. The third kappa shape index (κ3) is 3.74. The minimum atomic E-state index is -0.699. The van der Waals surface area contributed by atoms with Crippen molar-refractivity contribution < 1.29 is 23.5 Å². The van der Waals surface area contributed by atoms with Gasteiger partial charge in [0.2, 0.25) is 0 Å². The smallest absolute Gasteiger partial charge is 0.338 e. The van der Waals surface area contributed by atoms with E-state index in [4.69, 9.17) is 13.9 Å². The zero-order valence-corrected chi connectivity index (χ0v) is 12.7. The highest BCUT2D eigenvalue weighted by Crippen LogP contribution is 2.33. The van der Waals surface area contributed by atoms with E-state index in [0.29, 0.717) is 5.39 Å². The average molecular weight is 314 g/mol. The van der Waals surface area contributed by atoms with Crippen molar-refractivity contribution in [1.29, 1.82) is 0 Å². The number of hydrogen-bond acceptors (Lipinski definition) is 6. The van der Waals surface area contributed by atoms with Crippen molar-refractivity contribution in [2.24, 2.45) is 0 Å². The molecule has 0 radical (unpaired) electrons. The van der Waals surface area contributed by atoms with Crippen LogP contribution in [0.4, 0.5) is 0 Å². The van der Waals surface area contributed by atoms with Gasteiger partial charge in [-0.15, -0.1) is 0 Å². The third-order valence-electron chi connectivity index (χ3n) is 2.79. The summed E-state index contributed by atoms with van der Waals surface area (Å²) in [6, 6.07) is 5.47. The number of rotatable bonds is 4. The van der Waals surface area contributed by atoms with Crippen LogP contribution in [-0.2, 0) is 9.59 Å². The Kier molecular flexibility index (Phi) is 4.45. The Morgan fingerprint density at radius 3 is 2.00 bits per heavy atom. The van der Waals surface area contributed by atoms with Gasteiger partial charge in [0, 0.05) is 28.7 Å². The van der Waals surface area contributed by atoms with Gasteiger partial charge in [-0.1, -0.05) is 13.2 Å². The van der Waals surface area contributed by atoms with Crippen LogP contribution < -0.4 is 15.1 Å². The zero-order chi connectivity index (χ0) is 17.1. The molecule has 2 rings (SSSR count). The molecule has 0 amide bonds. The molecule has 0 fully saturated rings. The largest absolute Gasteiger partial charge is 0.423 e. The number of benzene rings is 1. The highest BCUT2D eigenvalue weighted by Gasteiger charge is 2.17. The van der Waals surface area contributed by atoms with E-state index in [1.807, 2.05) is 0 Å². The fourth-order valence-corrected chi connectivity index (χ4v) is 1.61. The second-order valence-corrected chi connectivity index (χ2v) is 4.93. The Morgan fingerprint density at radius 2 is 1.48 bits per heavy atom. The minimum Gasteiger partial charge on any atom is -0.423 e. The average Bonchev–Trinajstić information content (AvgIpc) is 2.47. The van der Waals surface area contributed by atoms with Gasteiger partial charge in [0.1, 0.15) is 5.58 Å². The van der Waals surface area contributed by atoms with E-state index in [0.717, 1.165) is 0 Å². The van der Waals surface area contributed by atoms with Gasteiger partial charge < -0.3 is 13.9 Å². The summed E-state index contributed by atoms with van der Waals surface area (Å²) in [5.41, 5.74) is -0.0165. The van der Waals surface area contributed by atoms with E-state index in [2.05, 4.69) is 13.2 Å². The maximum absolute atomic E-state index is 11.7. The van der Waals surface area contributed by atoms with Crippen LogP contribution in [0.2, 0.25) is 0 Å². The first-order valence-electron chi connectivity index (χ1n) is 6.61. The molecule has 118 valence electrons. The second-order valence-electron chi connectivity index (χ2n) is 4.93. The first-order valence-corrected chi connectivity index (χ1v) is 6.61. The molecule has 6 nitrogen and oxygen atoms in total. The van der Waals surface area contributed by atoms with E-state index in [-0.39, 0.29) is 28.2 Å². The molecule has 0 aliphatic carbocycles. The van der Waals surface area contributed by atoms with Crippen molar-refractivity contribution in [3.63, 3.8) is 0 Å². The molecule has 0 bridgehead atoms. The molecule has 0 N–H and O–H groups in total. The molecule has 0 atom stereocenters. The Labute approximate surface area is 131 Å². The lowest BCUT2D eigenvalue weighted by Gasteiger charge is -2.11. The lowest BCUT2D eigenvalue weighted by Crippen LogP contribution is -2.13. The predicted molar refractivity (Wildman–Crippen MR) is 83.4 cm³/mol.